The number of hydrogen-bond acceptors (Lipinski definition) is 3. The molecule has 2 aromatic rings. The number of nitrogens with one attached hydrogen (secondary N) is 2. The first-order valence-electron chi connectivity index (χ1n) is 6.78. The number of carbonyl (C=O) groups excluding carboxylic acids is 1. The van der Waals surface area contributed by atoms with E-state index in [0.29, 0.717) is 17.4 Å². The van der Waals surface area contributed by atoms with Crippen molar-refractivity contribution in [3.05, 3.63) is 35.5 Å². The van der Waals surface area contributed by atoms with Crippen LogP contribution in [0.3, 0.4) is 0 Å². The smallest absolute Gasteiger partial charge is 0.224 e. The lowest BCUT2D eigenvalue weighted by atomic mass is 10.0. The molecule has 1 aliphatic rings. The summed E-state index contributed by atoms with van der Waals surface area (Å²) in [6.07, 6.45) is 3.31. The van der Waals surface area contributed by atoms with Crippen molar-refractivity contribution in [2.75, 3.05) is 18.4 Å². The van der Waals surface area contributed by atoms with Gasteiger partial charge in [-0.1, -0.05) is 11.6 Å². The number of pyridine rings is 1. The molecule has 5 heteroatoms. The summed E-state index contributed by atoms with van der Waals surface area (Å²) in [6, 6.07) is 7.34. The Bertz CT molecular complexity index is 638. The topological polar surface area (TPSA) is 54.0 Å². The van der Waals surface area contributed by atoms with Crippen LogP contribution in [0.2, 0.25) is 5.02 Å². The van der Waals surface area contributed by atoms with E-state index < -0.39 is 0 Å². The van der Waals surface area contributed by atoms with E-state index in [0.717, 1.165) is 36.1 Å². The molecule has 20 heavy (non-hydrogen) atoms. The molecule has 1 fully saturated rings. The van der Waals surface area contributed by atoms with Crippen LogP contribution >= 0.6 is 11.6 Å². The van der Waals surface area contributed by atoms with E-state index in [1.165, 1.54) is 0 Å². The molecule has 1 saturated heterocycles. The second kappa shape index (κ2) is 5.77. The van der Waals surface area contributed by atoms with Gasteiger partial charge in [0.15, 0.2) is 0 Å². The normalized spacial score (nSPS) is 18.4. The summed E-state index contributed by atoms with van der Waals surface area (Å²) in [5.41, 5.74) is 1.46. The molecule has 1 aromatic carbocycles. The minimum Gasteiger partial charge on any atom is -0.324 e. The van der Waals surface area contributed by atoms with Crippen LogP contribution in [0.4, 0.5) is 5.69 Å². The van der Waals surface area contributed by atoms with Gasteiger partial charge < -0.3 is 10.6 Å². The molecule has 3 rings (SSSR count). The molecule has 1 amide bonds. The van der Waals surface area contributed by atoms with Crippen molar-refractivity contribution in [1.82, 2.24) is 10.3 Å². The minimum absolute atomic E-state index is 0.0352. The number of aromatic nitrogens is 1. The molecule has 0 aliphatic carbocycles. The Kier molecular flexibility index (Phi) is 3.85. The third-order valence-electron chi connectivity index (χ3n) is 3.63. The van der Waals surface area contributed by atoms with E-state index in [-0.39, 0.29) is 5.91 Å². The van der Waals surface area contributed by atoms with Gasteiger partial charge in [0.05, 0.1) is 16.2 Å². The zero-order valence-corrected chi connectivity index (χ0v) is 11.8. The molecule has 0 radical (unpaired) electrons. The molecule has 2 heterocycles. The van der Waals surface area contributed by atoms with E-state index >= 15 is 0 Å². The number of halogens is 1. The van der Waals surface area contributed by atoms with E-state index in [2.05, 4.69) is 15.6 Å². The second-order valence-electron chi connectivity index (χ2n) is 5.11. The van der Waals surface area contributed by atoms with Crippen LogP contribution in [0.15, 0.2) is 30.5 Å². The Morgan fingerprint density at radius 3 is 3.15 bits per heavy atom. The van der Waals surface area contributed by atoms with Gasteiger partial charge in [-0.05, 0) is 49.7 Å². The van der Waals surface area contributed by atoms with Gasteiger partial charge in [-0.25, -0.2) is 0 Å². The lowest BCUT2D eigenvalue weighted by Gasteiger charge is -2.11. The minimum atomic E-state index is 0.0352. The van der Waals surface area contributed by atoms with Crippen LogP contribution < -0.4 is 10.6 Å². The van der Waals surface area contributed by atoms with Crippen LogP contribution in [0.1, 0.15) is 12.8 Å². The number of carbonyl (C=O) groups is 1. The summed E-state index contributed by atoms with van der Waals surface area (Å²) in [4.78, 5) is 16.4. The highest BCUT2D eigenvalue weighted by molar-refractivity contribution is 6.35. The van der Waals surface area contributed by atoms with Gasteiger partial charge in [-0.3, -0.25) is 9.78 Å². The summed E-state index contributed by atoms with van der Waals surface area (Å²) in [7, 11) is 0. The third kappa shape index (κ3) is 2.76. The second-order valence-corrected chi connectivity index (χ2v) is 5.51. The molecular formula is C15H16ClN3O. The molecule has 0 spiro atoms. The maximum absolute atomic E-state index is 12.1. The fraction of sp³-hybridized carbons (Fsp3) is 0.333. The van der Waals surface area contributed by atoms with Crippen molar-refractivity contribution >= 4 is 34.1 Å². The quantitative estimate of drug-likeness (QED) is 0.913. The molecule has 1 aromatic heterocycles. The predicted molar refractivity (Wildman–Crippen MR) is 81.0 cm³/mol. The molecule has 2 N–H and O–H groups in total. The first-order valence-corrected chi connectivity index (χ1v) is 7.15. The van der Waals surface area contributed by atoms with Crippen LogP contribution in [0.25, 0.3) is 10.9 Å². The van der Waals surface area contributed by atoms with Crippen molar-refractivity contribution in [3.63, 3.8) is 0 Å². The Morgan fingerprint density at radius 2 is 2.35 bits per heavy atom. The predicted octanol–water partition coefficient (Wildman–Crippen LogP) is 2.83. The van der Waals surface area contributed by atoms with Crippen molar-refractivity contribution in [2.45, 2.75) is 12.8 Å². The number of benzene rings is 1. The average Bonchev–Trinajstić information content (AvgIpc) is 2.95. The lowest BCUT2D eigenvalue weighted by Crippen LogP contribution is -2.18. The maximum Gasteiger partial charge on any atom is 0.224 e. The lowest BCUT2D eigenvalue weighted by molar-refractivity contribution is -0.116. The van der Waals surface area contributed by atoms with Gasteiger partial charge in [-0.2, -0.15) is 0 Å². The summed E-state index contributed by atoms with van der Waals surface area (Å²) < 4.78 is 0. The van der Waals surface area contributed by atoms with Crippen molar-refractivity contribution in [1.29, 1.82) is 0 Å². The van der Waals surface area contributed by atoms with Gasteiger partial charge in [0.2, 0.25) is 5.91 Å². The standard InChI is InChI=1S/C15H16ClN3O/c16-12-3-4-13(15-11(12)2-1-6-18-15)19-14(20)8-10-5-7-17-9-10/h1-4,6,10,17H,5,7-9H2,(H,19,20). The zero-order valence-electron chi connectivity index (χ0n) is 11.0. The molecule has 0 saturated carbocycles. The van der Waals surface area contributed by atoms with E-state index in [9.17, 15) is 4.79 Å². The highest BCUT2D eigenvalue weighted by atomic mass is 35.5. The summed E-state index contributed by atoms with van der Waals surface area (Å²) in [6.45, 7) is 1.93. The number of fused-ring (bicyclic) bond motifs is 1. The van der Waals surface area contributed by atoms with Crippen LogP contribution in [-0.4, -0.2) is 24.0 Å². The number of rotatable bonds is 3. The number of anilines is 1. The van der Waals surface area contributed by atoms with Gasteiger partial charge in [0.1, 0.15) is 0 Å². The summed E-state index contributed by atoms with van der Waals surface area (Å²) >= 11 is 6.14. The van der Waals surface area contributed by atoms with Gasteiger partial charge in [0.25, 0.3) is 0 Å². The maximum atomic E-state index is 12.1. The molecule has 1 atom stereocenters. The average molecular weight is 290 g/mol. The highest BCUT2D eigenvalue weighted by Gasteiger charge is 2.18. The Morgan fingerprint density at radius 1 is 1.45 bits per heavy atom. The highest BCUT2D eigenvalue weighted by Crippen LogP contribution is 2.28. The number of amides is 1. The van der Waals surface area contributed by atoms with Crippen molar-refractivity contribution in [3.8, 4) is 0 Å². The van der Waals surface area contributed by atoms with Crippen LogP contribution in [0, 0.1) is 5.92 Å². The van der Waals surface area contributed by atoms with Gasteiger partial charge in [0, 0.05) is 18.0 Å². The van der Waals surface area contributed by atoms with Crippen LogP contribution in [-0.2, 0) is 4.79 Å². The molecule has 104 valence electrons. The Labute approximate surface area is 122 Å². The van der Waals surface area contributed by atoms with E-state index in [4.69, 9.17) is 11.6 Å². The third-order valence-corrected chi connectivity index (χ3v) is 3.96. The molecule has 1 unspecified atom stereocenters. The molecule has 1 aliphatic heterocycles. The van der Waals surface area contributed by atoms with Gasteiger partial charge >= 0.3 is 0 Å². The van der Waals surface area contributed by atoms with Crippen molar-refractivity contribution < 1.29 is 4.79 Å². The number of nitrogens with zero attached hydrogens (tertiary/aromatic N) is 1. The summed E-state index contributed by atoms with van der Waals surface area (Å²) in [5, 5.41) is 7.72. The molecule has 4 nitrogen and oxygen atoms in total. The zero-order chi connectivity index (χ0) is 13.9. The van der Waals surface area contributed by atoms with E-state index in [1.807, 2.05) is 18.2 Å². The Balaban J connectivity index is 1.80. The fourth-order valence-electron chi connectivity index (χ4n) is 2.59. The Hall–Kier alpha value is -1.65. The van der Waals surface area contributed by atoms with Crippen molar-refractivity contribution in [2.24, 2.45) is 5.92 Å². The number of hydrogen-bond donors (Lipinski definition) is 2. The van der Waals surface area contributed by atoms with Gasteiger partial charge in [-0.15, -0.1) is 0 Å². The van der Waals surface area contributed by atoms with Crippen LogP contribution in [0.5, 0.6) is 0 Å². The molecule has 0 bridgehead atoms. The van der Waals surface area contributed by atoms with E-state index in [1.54, 1.807) is 12.3 Å². The monoisotopic (exact) mass is 289 g/mol. The fourth-order valence-corrected chi connectivity index (χ4v) is 2.81. The first kappa shape index (κ1) is 13.3. The summed E-state index contributed by atoms with van der Waals surface area (Å²) in [5.74, 6) is 0.467. The SMILES string of the molecule is O=C(CC1CCNC1)Nc1ccc(Cl)c2cccnc12. The first-order chi connectivity index (χ1) is 9.74. The largest absolute Gasteiger partial charge is 0.324 e. The molecular weight excluding hydrogens is 274 g/mol.